The van der Waals surface area contributed by atoms with E-state index in [4.69, 9.17) is 4.98 Å². The lowest BCUT2D eigenvalue weighted by molar-refractivity contribution is 0.132. The number of fused-ring (bicyclic) bond motifs is 1. The summed E-state index contributed by atoms with van der Waals surface area (Å²) in [6.07, 6.45) is 11.3. The number of aromatic nitrogens is 5. The number of piperidine rings is 1. The van der Waals surface area contributed by atoms with Crippen LogP contribution in [0.5, 0.6) is 0 Å². The number of hydrogen-bond acceptors (Lipinski definition) is 4. The molecule has 1 atom stereocenters. The Kier molecular flexibility index (Phi) is 3.38. The van der Waals surface area contributed by atoms with Crippen molar-refractivity contribution in [2.45, 2.75) is 31.8 Å². The van der Waals surface area contributed by atoms with Gasteiger partial charge >= 0.3 is 0 Å². The summed E-state index contributed by atoms with van der Waals surface area (Å²) in [5, 5.41) is 4.22. The molecule has 6 nitrogen and oxygen atoms in total. The first-order valence-corrected chi connectivity index (χ1v) is 7.82. The highest BCUT2D eigenvalue weighted by atomic mass is 15.2. The third-order valence-electron chi connectivity index (χ3n) is 4.50. The molecule has 0 unspecified atom stereocenters. The third kappa shape index (κ3) is 2.39. The zero-order valence-corrected chi connectivity index (χ0v) is 12.8. The van der Waals surface area contributed by atoms with Crippen molar-refractivity contribution in [3.63, 3.8) is 0 Å². The van der Waals surface area contributed by atoms with E-state index in [1.165, 1.54) is 12.8 Å². The maximum Gasteiger partial charge on any atom is 0.155 e. The van der Waals surface area contributed by atoms with Gasteiger partial charge < -0.3 is 4.57 Å². The van der Waals surface area contributed by atoms with Crippen LogP contribution in [0.4, 0.5) is 0 Å². The van der Waals surface area contributed by atoms with Crippen LogP contribution in [0, 0.1) is 0 Å². The number of likely N-dealkylation sites (tertiary alicyclic amines) is 1. The molecule has 22 heavy (non-hydrogen) atoms. The Hall–Kier alpha value is -2.21. The molecular formula is C16H20N6. The van der Waals surface area contributed by atoms with Crippen molar-refractivity contribution in [2.24, 2.45) is 7.05 Å². The zero-order valence-electron chi connectivity index (χ0n) is 12.8. The van der Waals surface area contributed by atoms with Gasteiger partial charge in [0.15, 0.2) is 5.65 Å². The first kappa shape index (κ1) is 13.5. The van der Waals surface area contributed by atoms with Gasteiger partial charge in [-0.25, -0.2) is 14.5 Å². The largest absolute Gasteiger partial charge is 0.337 e. The van der Waals surface area contributed by atoms with Crippen molar-refractivity contribution >= 4 is 5.65 Å². The van der Waals surface area contributed by atoms with Crippen molar-refractivity contribution in [3.05, 3.63) is 48.4 Å². The monoisotopic (exact) mass is 296 g/mol. The van der Waals surface area contributed by atoms with E-state index in [-0.39, 0.29) is 0 Å². The first-order chi connectivity index (χ1) is 10.8. The maximum absolute atomic E-state index is 4.79. The summed E-state index contributed by atoms with van der Waals surface area (Å²) in [5.41, 5.74) is 2.06. The molecule has 3 aromatic heterocycles. The molecule has 0 spiro atoms. The number of hydrogen-bond donors (Lipinski definition) is 0. The first-order valence-electron chi connectivity index (χ1n) is 7.82. The Labute approximate surface area is 129 Å². The Balaban J connectivity index is 1.63. The molecule has 0 saturated carbocycles. The van der Waals surface area contributed by atoms with Gasteiger partial charge in [-0.1, -0.05) is 6.42 Å². The van der Waals surface area contributed by atoms with Crippen LogP contribution in [0.2, 0.25) is 0 Å². The molecule has 0 amide bonds. The van der Waals surface area contributed by atoms with Crippen LogP contribution in [0.1, 0.15) is 36.8 Å². The summed E-state index contributed by atoms with van der Waals surface area (Å²) < 4.78 is 3.91. The molecule has 0 aromatic carbocycles. The van der Waals surface area contributed by atoms with Gasteiger partial charge in [0.05, 0.1) is 24.5 Å². The lowest BCUT2D eigenvalue weighted by Gasteiger charge is -2.35. The van der Waals surface area contributed by atoms with Gasteiger partial charge in [0.1, 0.15) is 5.82 Å². The Morgan fingerprint density at radius 3 is 3.00 bits per heavy atom. The summed E-state index contributed by atoms with van der Waals surface area (Å²) in [6, 6.07) is 4.42. The molecule has 4 heterocycles. The van der Waals surface area contributed by atoms with Crippen LogP contribution in [0.25, 0.3) is 5.65 Å². The molecule has 1 fully saturated rings. The van der Waals surface area contributed by atoms with E-state index in [1.54, 1.807) is 6.20 Å². The second kappa shape index (κ2) is 5.53. The van der Waals surface area contributed by atoms with Gasteiger partial charge in [-0.2, -0.15) is 5.10 Å². The third-order valence-corrected chi connectivity index (χ3v) is 4.50. The number of rotatable bonds is 3. The van der Waals surface area contributed by atoms with Crippen LogP contribution in [-0.2, 0) is 13.6 Å². The predicted octanol–water partition coefficient (Wildman–Crippen LogP) is 2.19. The second-order valence-electron chi connectivity index (χ2n) is 5.92. The summed E-state index contributed by atoms with van der Waals surface area (Å²) in [5.74, 6) is 1.11. The molecule has 6 heteroatoms. The molecule has 0 N–H and O–H groups in total. The summed E-state index contributed by atoms with van der Waals surface area (Å²) in [4.78, 5) is 11.8. The van der Waals surface area contributed by atoms with Crippen LogP contribution < -0.4 is 0 Å². The van der Waals surface area contributed by atoms with E-state index in [9.17, 15) is 0 Å². The molecule has 0 aliphatic carbocycles. The number of aryl methyl sites for hydroxylation is 1. The fraction of sp³-hybridized carbons (Fsp3) is 0.438. The predicted molar refractivity (Wildman–Crippen MR) is 83.2 cm³/mol. The van der Waals surface area contributed by atoms with Gasteiger partial charge in [-0.15, -0.1) is 0 Å². The molecule has 1 aliphatic heterocycles. The Morgan fingerprint density at radius 2 is 2.14 bits per heavy atom. The van der Waals surface area contributed by atoms with Crippen molar-refractivity contribution in [1.29, 1.82) is 0 Å². The lowest BCUT2D eigenvalue weighted by atomic mass is 9.99. The standard InChI is InChI=1S/C16H20N6/c1-20-11-8-17-16(20)12-21-9-3-2-4-14(21)13-6-10-22-15(19-13)5-7-18-22/h5-8,10-11,14H,2-4,9,12H2,1H3/t14-/m0/s1. The van der Waals surface area contributed by atoms with Crippen LogP contribution in [0.15, 0.2) is 36.9 Å². The molecule has 4 rings (SSSR count). The number of nitrogens with zero attached hydrogens (tertiary/aromatic N) is 6. The highest BCUT2D eigenvalue weighted by Gasteiger charge is 2.26. The Bertz CT molecular complexity index is 774. The quantitative estimate of drug-likeness (QED) is 0.743. The minimum absolute atomic E-state index is 0.366. The summed E-state index contributed by atoms with van der Waals surface area (Å²) in [7, 11) is 2.05. The second-order valence-corrected chi connectivity index (χ2v) is 5.92. The maximum atomic E-state index is 4.79. The average Bonchev–Trinajstić information content (AvgIpc) is 3.16. The van der Waals surface area contributed by atoms with E-state index < -0.39 is 0 Å². The highest BCUT2D eigenvalue weighted by molar-refractivity contribution is 5.36. The Morgan fingerprint density at radius 1 is 1.18 bits per heavy atom. The van der Waals surface area contributed by atoms with E-state index in [1.807, 2.05) is 29.2 Å². The fourth-order valence-electron chi connectivity index (χ4n) is 3.26. The molecule has 1 saturated heterocycles. The minimum atomic E-state index is 0.366. The molecule has 3 aromatic rings. The van der Waals surface area contributed by atoms with E-state index >= 15 is 0 Å². The molecular weight excluding hydrogens is 276 g/mol. The smallest absolute Gasteiger partial charge is 0.155 e. The van der Waals surface area contributed by atoms with Gasteiger partial charge in [-0.05, 0) is 25.5 Å². The van der Waals surface area contributed by atoms with Crippen molar-refractivity contribution in [2.75, 3.05) is 6.54 Å². The van der Waals surface area contributed by atoms with Crippen molar-refractivity contribution in [1.82, 2.24) is 29.0 Å². The average molecular weight is 296 g/mol. The summed E-state index contributed by atoms with van der Waals surface area (Å²) in [6.45, 7) is 1.98. The molecule has 114 valence electrons. The van der Waals surface area contributed by atoms with Gasteiger partial charge in [-0.3, -0.25) is 4.90 Å². The van der Waals surface area contributed by atoms with E-state index in [0.29, 0.717) is 6.04 Å². The summed E-state index contributed by atoms with van der Waals surface area (Å²) >= 11 is 0. The highest BCUT2D eigenvalue weighted by Crippen LogP contribution is 2.31. The fourth-order valence-corrected chi connectivity index (χ4v) is 3.26. The van der Waals surface area contributed by atoms with Gasteiger partial charge in [0, 0.05) is 31.7 Å². The topological polar surface area (TPSA) is 51.2 Å². The SMILES string of the molecule is Cn1ccnc1CN1CCCC[C@H]1c1ccn2nccc2n1. The van der Waals surface area contributed by atoms with E-state index in [2.05, 4.69) is 32.7 Å². The van der Waals surface area contributed by atoms with Crippen LogP contribution in [-0.4, -0.2) is 35.6 Å². The van der Waals surface area contributed by atoms with Gasteiger partial charge in [0.2, 0.25) is 0 Å². The van der Waals surface area contributed by atoms with Gasteiger partial charge in [0.25, 0.3) is 0 Å². The number of imidazole rings is 1. The van der Waals surface area contributed by atoms with Crippen LogP contribution in [0.3, 0.4) is 0 Å². The molecule has 1 aliphatic rings. The van der Waals surface area contributed by atoms with E-state index in [0.717, 1.165) is 36.7 Å². The molecule has 0 radical (unpaired) electrons. The van der Waals surface area contributed by atoms with Crippen molar-refractivity contribution < 1.29 is 0 Å². The van der Waals surface area contributed by atoms with Crippen LogP contribution >= 0.6 is 0 Å². The normalized spacial score (nSPS) is 19.8. The van der Waals surface area contributed by atoms with Crippen molar-refractivity contribution in [3.8, 4) is 0 Å². The minimum Gasteiger partial charge on any atom is -0.337 e. The zero-order chi connectivity index (χ0) is 14.9. The lowest BCUT2D eigenvalue weighted by Crippen LogP contribution is -2.34. The molecule has 0 bridgehead atoms.